The molecule has 5 nitrogen and oxygen atoms in total. The normalized spacial score (nSPS) is 11.1. The SMILES string of the molecule is CCNCCNC(=O)CNC(=O)c1ccccc1C(F)(F)F. The van der Waals surface area contributed by atoms with Crippen LogP contribution in [0.15, 0.2) is 24.3 Å². The van der Waals surface area contributed by atoms with Gasteiger partial charge >= 0.3 is 6.18 Å². The largest absolute Gasteiger partial charge is 0.417 e. The maximum atomic E-state index is 12.8. The monoisotopic (exact) mass is 317 g/mol. The van der Waals surface area contributed by atoms with Gasteiger partial charge in [0.05, 0.1) is 17.7 Å². The average molecular weight is 317 g/mol. The van der Waals surface area contributed by atoms with Crippen molar-refractivity contribution in [2.24, 2.45) is 0 Å². The maximum absolute atomic E-state index is 12.8. The van der Waals surface area contributed by atoms with E-state index in [2.05, 4.69) is 16.0 Å². The van der Waals surface area contributed by atoms with E-state index in [0.717, 1.165) is 18.7 Å². The summed E-state index contributed by atoms with van der Waals surface area (Å²) in [5, 5.41) is 7.70. The van der Waals surface area contributed by atoms with E-state index in [1.165, 1.54) is 12.1 Å². The van der Waals surface area contributed by atoms with Crippen LogP contribution >= 0.6 is 0 Å². The van der Waals surface area contributed by atoms with E-state index in [-0.39, 0.29) is 6.54 Å². The molecule has 0 saturated carbocycles. The van der Waals surface area contributed by atoms with Crippen LogP contribution in [-0.4, -0.2) is 38.0 Å². The third kappa shape index (κ3) is 5.72. The fourth-order valence-electron chi connectivity index (χ4n) is 1.71. The van der Waals surface area contributed by atoms with E-state index in [4.69, 9.17) is 0 Å². The summed E-state index contributed by atoms with van der Waals surface area (Å²) in [4.78, 5) is 23.2. The first-order valence-electron chi connectivity index (χ1n) is 6.78. The minimum absolute atomic E-state index is 0.377. The Hall–Kier alpha value is -2.09. The van der Waals surface area contributed by atoms with Crippen LogP contribution in [0.25, 0.3) is 0 Å². The average Bonchev–Trinajstić information content (AvgIpc) is 2.48. The molecule has 0 heterocycles. The number of halogens is 3. The van der Waals surface area contributed by atoms with Crippen molar-refractivity contribution in [1.82, 2.24) is 16.0 Å². The van der Waals surface area contributed by atoms with Crippen molar-refractivity contribution < 1.29 is 22.8 Å². The number of nitrogens with one attached hydrogen (secondary N) is 3. The van der Waals surface area contributed by atoms with E-state index < -0.39 is 29.1 Å². The zero-order chi connectivity index (χ0) is 16.6. The van der Waals surface area contributed by atoms with Crippen LogP contribution in [0.5, 0.6) is 0 Å². The van der Waals surface area contributed by atoms with Crippen LogP contribution in [0.4, 0.5) is 13.2 Å². The van der Waals surface area contributed by atoms with Gasteiger partial charge in [-0.15, -0.1) is 0 Å². The van der Waals surface area contributed by atoms with Crippen LogP contribution < -0.4 is 16.0 Å². The highest BCUT2D eigenvalue weighted by molar-refractivity contribution is 5.97. The summed E-state index contributed by atoms with van der Waals surface area (Å²) in [6.07, 6.45) is -4.62. The molecule has 0 saturated heterocycles. The van der Waals surface area contributed by atoms with E-state index in [1.54, 1.807) is 0 Å². The smallest absolute Gasteiger partial charge is 0.353 e. The number of likely N-dealkylation sites (N-methyl/N-ethyl adjacent to an activating group) is 1. The lowest BCUT2D eigenvalue weighted by Gasteiger charge is -2.12. The zero-order valence-corrected chi connectivity index (χ0v) is 12.1. The van der Waals surface area contributed by atoms with Crippen LogP contribution in [0, 0.1) is 0 Å². The second kappa shape index (κ2) is 8.38. The molecule has 0 radical (unpaired) electrons. The number of amides is 2. The van der Waals surface area contributed by atoms with Gasteiger partial charge in [0.2, 0.25) is 5.91 Å². The molecule has 0 bridgehead atoms. The molecular weight excluding hydrogens is 299 g/mol. The maximum Gasteiger partial charge on any atom is 0.417 e. The summed E-state index contributed by atoms with van der Waals surface area (Å²) < 4.78 is 38.3. The van der Waals surface area contributed by atoms with Gasteiger partial charge in [-0.2, -0.15) is 13.2 Å². The Morgan fingerprint density at radius 2 is 1.77 bits per heavy atom. The van der Waals surface area contributed by atoms with E-state index in [0.29, 0.717) is 13.1 Å². The predicted molar refractivity (Wildman–Crippen MR) is 75.3 cm³/mol. The highest BCUT2D eigenvalue weighted by Crippen LogP contribution is 2.31. The molecule has 3 N–H and O–H groups in total. The molecule has 1 aromatic rings. The summed E-state index contributed by atoms with van der Waals surface area (Å²) in [6.45, 7) is 3.26. The Morgan fingerprint density at radius 3 is 2.41 bits per heavy atom. The van der Waals surface area contributed by atoms with Gasteiger partial charge in [0.1, 0.15) is 0 Å². The summed E-state index contributed by atoms with van der Waals surface area (Å²) in [7, 11) is 0. The van der Waals surface area contributed by atoms with Crippen molar-refractivity contribution in [2.45, 2.75) is 13.1 Å². The Morgan fingerprint density at radius 1 is 1.09 bits per heavy atom. The molecule has 0 aliphatic heterocycles. The Kier molecular flexibility index (Phi) is 6.84. The molecule has 0 spiro atoms. The summed E-state index contributed by atoms with van der Waals surface area (Å²) >= 11 is 0. The summed E-state index contributed by atoms with van der Waals surface area (Å²) in [6, 6.07) is 4.43. The van der Waals surface area contributed by atoms with E-state index >= 15 is 0 Å². The second-order valence-corrected chi connectivity index (χ2v) is 4.43. The first-order valence-corrected chi connectivity index (χ1v) is 6.78. The number of carbonyl (C=O) groups is 2. The first kappa shape index (κ1) is 18.0. The number of hydrogen-bond donors (Lipinski definition) is 3. The lowest BCUT2D eigenvalue weighted by atomic mass is 10.1. The Balaban J connectivity index is 2.55. The van der Waals surface area contributed by atoms with Crippen molar-refractivity contribution in [3.05, 3.63) is 35.4 Å². The van der Waals surface area contributed by atoms with Gasteiger partial charge in [0.15, 0.2) is 0 Å². The number of rotatable bonds is 7. The van der Waals surface area contributed by atoms with Crippen LogP contribution in [0.2, 0.25) is 0 Å². The molecule has 1 aromatic carbocycles. The van der Waals surface area contributed by atoms with Gasteiger partial charge in [-0.3, -0.25) is 9.59 Å². The lowest BCUT2D eigenvalue weighted by Crippen LogP contribution is -2.40. The molecule has 122 valence electrons. The van der Waals surface area contributed by atoms with Gasteiger partial charge in [0, 0.05) is 13.1 Å². The quantitative estimate of drug-likeness (QED) is 0.661. The lowest BCUT2D eigenvalue weighted by molar-refractivity contribution is -0.137. The second-order valence-electron chi connectivity index (χ2n) is 4.43. The van der Waals surface area contributed by atoms with Crippen molar-refractivity contribution in [1.29, 1.82) is 0 Å². The highest BCUT2D eigenvalue weighted by atomic mass is 19.4. The minimum Gasteiger partial charge on any atom is -0.353 e. The van der Waals surface area contributed by atoms with Crippen molar-refractivity contribution in [3.8, 4) is 0 Å². The molecule has 8 heteroatoms. The number of benzene rings is 1. The summed E-state index contributed by atoms with van der Waals surface area (Å²) in [5.41, 5.74) is -1.53. The summed E-state index contributed by atoms with van der Waals surface area (Å²) in [5.74, 6) is -1.40. The molecule has 2 amide bonds. The number of hydrogen-bond acceptors (Lipinski definition) is 3. The predicted octanol–water partition coefficient (Wildman–Crippen LogP) is 1.16. The van der Waals surface area contributed by atoms with Gasteiger partial charge in [-0.25, -0.2) is 0 Å². The zero-order valence-electron chi connectivity index (χ0n) is 12.1. The molecule has 0 aliphatic carbocycles. The van der Waals surface area contributed by atoms with Crippen LogP contribution in [0.3, 0.4) is 0 Å². The van der Waals surface area contributed by atoms with Crippen molar-refractivity contribution in [3.63, 3.8) is 0 Å². The molecule has 0 aromatic heterocycles. The molecular formula is C14H18F3N3O2. The molecule has 0 aliphatic rings. The third-order valence-corrected chi connectivity index (χ3v) is 2.76. The topological polar surface area (TPSA) is 70.2 Å². The first-order chi connectivity index (χ1) is 10.4. The van der Waals surface area contributed by atoms with Gasteiger partial charge in [-0.05, 0) is 18.7 Å². The fraction of sp³-hybridized carbons (Fsp3) is 0.429. The molecule has 1 rings (SSSR count). The molecule has 0 unspecified atom stereocenters. The molecule has 22 heavy (non-hydrogen) atoms. The number of carbonyl (C=O) groups excluding carboxylic acids is 2. The third-order valence-electron chi connectivity index (χ3n) is 2.76. The van der Waals surface area contributed by atoms with Gasteiger partial charge in [-0.1, -0.05) is 19.1 Å². The van der Waals surface area contributed by atoms with Crippen molar-refractivity contribution in [2.75, 3.05) is 26.2 Å². The van der Waals surface area contributed by atoms with Gasteiger partial charge < -0.3 is 16.0 Å². The Labute approximate surface area is 126 Å². The van der Waals surface area contributed by atoms with E-state index in [9.17, 15) is 22.8 Å². The highest BCUT2D eigenvalue weighted by Gasteiger charge is 2.34. The Bertz CT molecular complexity index is 518. The molecule has 0 fully saturated rings. The number of alkyl halides is 3. The standard InChI is InChI=1S/C14H18F3N3O2/c1-2-18-7-8-19-12(21)9-20-13(22)10-5-3-4-6-11(10)14(15,16)17/h3-6,18H,2,7-9H2,1H3,(H,19,21)(H,20,22). The minimum atomic E-state index is -4.62. The molecule has 0 atom stereocenters. The van der Waals surface area contributed by atoms with Crippen molar-refractivity contribution >= 4 is 11.8 Å². The van der Waals surface area contributed by atoms with Gasteiger partial charge in [0.25, 0.3) is 5.91 Å². The fourth-order valence-corrected chi connectivity index (χ4v) is 1.71. The van der Waals surface area contributed by atoms with E-state index in [1.807, 2.05) is 6.92 Å². The van der Waals surface area contributed by atoms with Crippen LogP contribution in [0.1, 0.15) is 22.8 Å². The van der Waals surface area contributed by atoms with Crippen LogP contribution in [-0.2, 0) is 11.0 Å².